The molecule has 72 valence electrons. The number of aryl methyl sites for hydroxylation is 1. The summed E-state index contributed by atoms with van der Waals surface area (Å²) in [6.07, 6.45) is 1.89. The highest BCUT2D eigenvalue weighted by atomic mass is 14.9. The molecule has 0 saturated carbocycles. The molecule has 14 heavy (non-hydrogen) atoms. The minimum atomic E-state index is 0.507. The van der Waals surface area contributed by atoms with Crippen molar-refractivity contribution in [3.63, 3.8) is 0 Å². The first-order valence-electron chi connectivity index (χ1n) is 4.91. The normalized spacial score (nSPS) is 11.1. The van der Waals surface area contributed by atoms with Crippen molar-refractivity contribution in [1.82, 2.24) is 9.97 Å². The fraction of sp³-hybridized carbons (Fsp3) is 0.333. The third-order valence-corrected chi connectivity index (χ3v) is 2.38. The van der Waals surface area contributed by atoms with E-state index in [2.05, 4.69) is 42.0 Å². The number of hydrogen-bond donors (Lipinski definition) is 0. The summed E-state index contributed by atoms with van der Waals surface area (Å²) in [7, 11) is 0. The van der Waals surface area contributed by atoms with Crippen molar-refractivity contribution in [2.24, 2.45) is 0 Å². The Morgan fingerprint density at radius 3 is 2.71 bits per heavy atom. The van der Waals surface area contributed by atoms with Gasteiger partial charge in [-0.1, -0.05) is 32.0 Å². The molecular formula is C12H14N2. The first kappa shape index (κ1) is 9.13. The van der Waals surface area contributed by atoms with E-state index < -0.39 is 0 Å². The molecule has 0 N–H and O–H groups in total. The maximum absolute atomic E-state index is 4.49. The minimum Gasteiger partial charge on any atom is -0.241 e. The molecule has 0 aliphatic carbocycles. The van der Waals surface area contributed by atoms with E-state index in [0.717, 1.165) is 16.7 Å². The molecular weight excluding hydrogens is 172 g/mol. The Morgan fingerprint density at radius 1 is 1.21 bits per heavy atom. The maximum Gasteiger partial charge on any atom is 0.125 e. The van der Waals surface area contributed by atoms with E-state index in [9.17, 15) is 0 Å². The van der Waals surface area contributed by atoms with Gasteiger partial charge in [-0.3, -0.25) is 0 Å². The molecule has 0 atom stereocenters. The SMILES string of the molecule is Cc1ncc2cccc(C(C)C)c2n1. The molecule has 2 nitrogen and oxygen atoms in total. The van der Waals surface area contributed by atoms with Crippen LogP contribution in [-0.2, 0) is 0 Å². The summed E-state index contributed by atoms with van der Waals surface area (Å²) in [5, 5.41) is 1.13. The number of rotatable bonds is 1. The van der Waals surface area contributed by atoms with Gasteiger partial charge in [-0.15, -0.1) is 0 Å². The summed E-state index contributed by atoms with van der Waals surface area (Å²) in [6, 6.07) is 6.26. The van der Waals surface area contributed by atoms with Crippen LogP contribution in [0.5, 0.6) is 0 Å². The lowest BCUT2D eigenvalue weighted by molar-refractivity contribution is 0.870. The van der Waals surface area contributed by atoms with Gasteiger partial charge in [-0.05, 0) is 18.4 Å². The molecule has 0 aliphatic heterocycles. The number of aromatic nitrogens is 2. The average molecular weight is 186 g/mol. The van der Waals surface area contributed by atoms with Gasteiger partial charge in [-0.25, -0.2) is 9.97 Å². The molecule has 1 aromatic carbocycles. The van der Waals surface area contributed by atoms with Crippen molar-refractivity contribution in [2.75, 3.05) is 0 Å². The molecule has 0 aliphatic rings. The van der Waals surface area contributed by atoms with Crippen LogP contribution < -0.4 is 0 Å². The minimum absolute atomic E-state index is 0.507. The van der Waals surface area contributed by atoms with Gasteiger partial charge in [0.05, 0.1) is 5.52 Å². The van der Waals surface area contributed by atoms with Gasteiger partial charge in [-0.2, -0.15) is 0 Å². The van der Waals surface area contributed by atoms with Crippen LogP contribution in [0.4, 0.5) is 0 Å². The molecule has 2 aromatic rings. The first-order chi connectivity index (χ1) is 6.68. The second-order valence-corrected chi connectivity index (χ2v) is 3.86. The smallest absolute Gasteiger partial charge is 0.125 e. The number of nitrogens with zero attached hydrogens (tertiary/aromatic N) is 2. The average Bonchev–Trinajstić information content (AvgIpc) is 2.16. The van der Waals surface area contributed by atoms with Gasteiger partial charge in [0.15, 0.2) is 0 Å². The third kappa shape index (κ3) is 1.48. The Kier molecular flexibility index (Phi) is 2.20. The molecule has 0 bridgehead atoms. The third-order valence-electron chi connectivity index (χ3n) is 2.38. The highest BCUT2D eigenvalue weighted by molar-refractivity contribution is 5.81. The van der Waals surface area contributed by atoms with Gasteiger partial charge in [0.25, 0.3) is 0 Å². The van der Waals surface area contributed by atoms with E-state index in [-0.39, 0.29) is 0 Å². The van der Waals surface area contributed by atoms with Crippen molar-refractivity contribution in [1.29, 1.82) is 0 Å². The van der Waals surface area contributed by atoms with E-state index in [1.807, 2.05) is 13.1 Å². The molecule has 2 rings (SSSR count). The molecule has 0 saturated heterocycles. The highest BCUT2D eigenvalue weighted by Gasteiger charge is 2.06. The molecule has 1 aromatic heterocycles. The van der Waals surface area contributed by atoms with Crippen molar-refractivity contribution < 1.29 is 0 Å². The van der Waals surface area contributed by atoms with E-state index in [0.29, 0.717) is 5.92 Å². The van der Waals surface area contributed by atoms with Gasteiger partial charge >= 0.3 is 0 Å². The Balaban J connectivity index is 2.77. The number of benzene rings is 1. The molecule has 0 unspecified atom stereocenters. The summed E-state index contributed by atoms with van der Waals surface area (Å²) in [5.74, 6) is 1.35. The fourth-order valence-corrected chi connectivity index (χ4v) is 1.63. The van der Waals surface area contributed by atoms with Crippen molar-refractivity contribution >= 4 is 10.9 Å². The molecule has 0 amide bonds. The second kappa shape index (κ2) is 3.37. The van der Waals surface area contributed by atoms with Crippen LogP contribution in [0.25, 0.3) is 10.9 Å². The summed E-state index contributed by atoms with van der Waals surface area (Å²) in [5.41, 5.74) is 2.39. The highest BCUT2D eigenvalue weighted by Crippen LogP contribution is 2.22. The predicted octanol–water partition coefficient (Wildman–Crippen LogP) is 3.06. The lowest BCUT2D eigenvalue weighted by atomic mass is 10.0. The van der Waals surface area contributed by atoms with Gasteiger partial charge < -0.3 is 0 Å². The zero-order valence-electron chi connectivity index (χ0n) is 8.78. The number of hydrogen-bond acceptors (Lipinski definition) is 2. The van der Waals surface area contributed by atoms with Gasteiger partial charge in [0.1, 0.15) is 5.82 Å². The van der Waals surface area contributed by atoms with Crippen LogP contribution in [-0.4, -0.2) is 9.97 Å². The van der Waals surface area contributed by atoms with Crippen molar-refractivity contribution in [3.05, 3.63) is 35.8 Å². The summed E-state index contributed by atoms with van der Waals surface area (Å²) >= 11 is 0. The largest absolute Gasteiger partial charge is 0.241 e. The summed E-state index contributed by atoms with van der Waals surface area (Å²) in [6.45, 7) is 6.30. The zero-order chi connectivity index (χ0) is 10.1. The molecule has 0 fully saturated rings. The van der Waals surface area contributed by atoms with E-state index in [1.165, 1.54) is 5.56 Å². The molecule has 0 spiro atoms. The maximum atomic E-state index is 4.49. The van der Waals surface area contributed by atoms with Crippen molar-refractivity contribution in [2.45, 2.75) is 26.7 Å². The summed E-state index contributed by atoms with van der Waals surface area (Å²) < 4.78 is 0. The van der Waals surface area contributed by atoms with E-state index in [1.54, 1.807) is 0 Å². The van der Waals surface area contributed by atoms with Crippen LogP contribution >= 0.6 is 0 Å². The number of para-hydroxylation sites is 1. The second-order valence-electron chi connectivity index (χ2n) is 3.86. The fourth-order valence-electron chi connectivity index (χ4n) is 1.63. The van der Waals surface area contributed by atoms with Gasteiger partial charge in [0, 0.05) is 11.6 Å². The Bertz CT molecular complexity index is 461. The topological polar surface area (TPSA) is 25.8 Å². The Hall–Kier alpha value is -1.44. The Labute approximate surface area is 84.0 Å². The standard InChI is InChI=1S/C12H14N2/c1-8(2)11-6-4-5-10-7-13-9(3)14-12(10)11/h4-8H,1-3H3. The lowest BCUT2D eigenvalue weighted by Crippen LogP contribution is -1.94. The van der Waals surface area contributed by atoms with Crippen LogP contribution in [0.2, 0.25) is 0 Å². The monoisotopic (exact) mass is 186 g/mol. The van der Waals surface area contributed by atoms with E-state index in [4.69, 9.17) is 0 Å². The summed E-state index contributed by atoms with van der Waals surface area (Å²) in [4.78, 5) is 8.68. The van der Waals surface area contributed by atoms with Crippen molar-refractivity contribution in [3.8, 4) is 0 Å². The quantitative estimate of drug-likeness (QED) is 0.684. The molecule has 0 radical (unpaired) electrons. The van der Waals surface area contributed by atoms with Gasteiger partial charge in [0.2, 0.25) is 0 Å². The van der Waals surface area contributed by atoms with Crippen LogP contribution in [0.1, 0.15) is 31.2 Å². The van der Waals surface area contributed by atoms with E-state index >= 15 is 0 Å². The Morgan fingerprint density at radius 2 is 2.00 bits per heavy atom. The number of fused-ring (bicyclic) bond motifs is 1. The lowest BCUT2D eigenvalue weighted by Gasteiger charge is -2.08. The van der Waals surface area contributed by atoms with Crippen LogP contribution in [0, 0.1) is 6.92 Å². The van der Waals surface area contributed by atoms with Crippen LogP contribution in [0.15, 0.2) is 24.4 Å². The first-order valence-corrected chi connectivity index (χ1v) is 4.91. The van der Waals surface area contributed by atoms with Crippen LogP contribution in [0.3, 0.4) is 0 Å². The molecule has 2 heteroatoms. The molecule has 1 heterocycles. The predicted molar refractivity (Wildman–Crippen MR) is 58.4 cm³/mol. The zero-order valence-corrected chi connectivity index (χ0v) is 8.78.